The predicted molar refractivity (Wildman–Crippen MR) is 59.3 cm³/mol. The molecular formula is C9H13BO4S. The number of carbonyl (C=O) groups is 1. The van der Waals surface area contributed by atoms with Crippen molar-refractivity contribution in [1.82, 2.24) is 0 Å². The van der Waals surface area contributed by atoms with Crippen molar-refractivity contribution in [1.29, 1.82) is 0 Å². The lowest BCUT2D eigenvalue weighted by atomic mass is 9.83. The van der Waals surface area contributed by atoms with E-state index >= 15 is 0 Å². The van der Waals surface area contributed by atoms with Gasteiger partial charge in [0.05, 0.1) is 0 Å². The molecule has 1 aromatic rings. The molecule has 1 aromatic heterocycles. The second-order valence-electron chi connectivity index (χ2n) is 4.12. The van der Waals surface area contributed by atoms with Crippen LogP contribution in [0.15, 0.2) is 11.4 Å². The van der Waals surface area contributed by atoms with Crippen LogP contribution in [0.5, 0.6) is 0 Å². The molecule has 1 heterocycles. The molecule has 0 saturated heterocycles. The highest BCUT2D eigenvalue weighted by molar-refractivity contribution is 7.13. The first kappa shape index (κ1) is 12.2. The van der Waals surface area contributed by atoms with Gasteiger partial charge < -0.3 is 14.8 Å². The summed E-state index contributed by atoms with van der Waals surface area (Å²) in [6.45, 7) is 5.33. The molecule has 15 heavy (non-hydrogen) atoms. The van der Waals surface area contributed by atoms with Gasteiger partial charge in [0.25, 0.3) is 0 Å². The first-order chi connectivity index (χ1) is 6.79. The van der Waals surface area contributed by atoms with Crippen LogP contribution in [0.3, 0.4) is 0 Å². The Morgan fingerprint density at radius 1 is 1.47 bits per heavy atom. The molecule has 2 N–H and O–H groups in total. The van der Waals surface area contributed by atoms with Crippen LogP contribution in [0.2, 0.25) is 0 Å². The molecule has 0 spiro atoms. The van der Waals surface area contributed by atoms with E-state index in [1.54, 1.807) is 20.8 Å². The van der Waals surface area contributed by atoms with Gasteiger partial charge in [-0.1, -0.05) is 0 Å². The highest BCUT2D eigenvalue weighted by Crippen LogP contribution is 2.15. The number of thiophene rings is 1. The fraction of sp³-hybridized carbons (Fsp3) is 0.444. The number of hydrogen-bond donors (Lipinski definition) is 2. The van der Waals surface area contributed by atoms with Crippen molar-refractivity contribution >= 4 is 29.9 Å². The number of carbonyl (C=O) groups excluding carboxylic acids is 1. The molecule has 1 rings (SSSR count). The highest BCUT2D eigenvalue weighted by atomic mass is 32.1. The van der Waals surface area contributed by atoms with Crippen LogP contribution in [0.4, 0.5) is 0 Å². The van der Waals surface area contributed by atoms with Crippen molar-refractivity contribution in [3.05, 3.63) is 16.3 Å². The summed E-state index contributed by atoms with van der Waals surface area (Å²) in [5.74, 6) is -0.445. The molecule has 82 valence electrons. The highest BCUT2D eigenvalue weighted by Gasteiger charge is 2.21. The van der Waals surface area contributed by atoms with Crippen LogP contribution < -0.4 is 5.46 Å². The van der Waals surface area contributed by atoms with Gasteiger partial charge in [0.15, 0.2) is 0 Å². The van der Waals surface area contributed by atoms with E-state index in [2.05, 4.69) is 0 Å². The molecule has 0 amide bonds. The van der Waals surface area contributed by atoms with E-state index < -0.39 is 18.7 Å². The minimum absolute atomic E-state index is 0.306. The van der Waals surface area contributed by atoms with Gasteiger partial charge >= 0.3 is 13.1 Å². The van der Waals surface area contributed by atoms with Gasteiger partial charge in [0.1, 0.15) is 10.5 Å². The third-order valence-electron chi connectivity index (χ3n) is 1.52. The summed E-state index contributed by atoms with van der Waals surface area (Å²) in [5, 5.41) is 19.2. The zero-order valence-electron chi connectivity index (χ0n) is 8.85. The van der Waals surface area contributed by atoms with Crippen molar-refractivity contribution in [2.45, 2.75) is 26.4 Å². The molecule has 0 saturated carbocycles. The van der Waals surface area contributed by atoms with E-state index in [0.717, 1.165) is 11.3 Å². The quantitative estimate of drug-likeness (QED) is 0.567. The topological polar surface area (TPSA) is 66.8 Å². The summed E-state index contributed by atoms with van der Waals surface area (Å²) < 4.78 is 5.13. The van der Waals surface area contributed by atoms with Gasteiger partial charge in [-0.25, -0.2) is 4.79 Å². The Hall–Kier alpha value is -0.845. The molecule has 0 aliphatic rings. The summed E-state index contributed by atoms with van der Waals surface area (Å²) in [6, 6.07) is 1.42. The average Bonchev–Trinajstić information content (AvgIpc) is 2.47. The Kier molecular flexibility index (Phi) is 3.54. The molecule has 0 aliphatic carbocycles. The Labute approximate surface area is 92.7 Å². The van der Waals surface area contributed by atoms with E-state index in [1.165, 1.54) is 11.4 Å². The Balaban J connectivity index is 2.75. The fourth-order valence-electron chi connectivity index (χ4n) is 0.922. The predicted octanol–water partition coefficient (Wildman–Crippen LogP) is 0.383. The second kappa shape index (κ2) is 4.34. The smallest absolute Gasteiger partial charge is 0.456 e. The molecule has 0 aromatic carbocycles. The zero-order valence-corrected chi connectivity index (χ0v) is 9.67. The Morgan fingerprint density at radius 2 is 2.07 bits per heavy atom. The molecule has 0 aliphatic heterocycles. The molecular weight excluding hydrogens is 215 g/mol. The van der Waals surface area contributed by atoms with E-state index in [0.29, 0.717) is 10.3 Å². The molecule has 4 nitrogen and oxygen atoms in total. The first-order valence-corrected chi connectivity index (χ1v) is 5.35. The van der Waals surface area contributed by atoms with Crippen molar-refractivity contribution in [2.75, 3.05) is 0 Å². The molecule has 0 bridgehead atoms. The number of ether oxygens (including phenoxy) is 1. The molecule has 0 unspecified atom stereocenters. The van der Waals surface area contributed by atoms with Gasteiger partial charge in [-0.3, -0.25) is 0 Å². The lowest BCUT2D eigenvalue weighted by Crippen LogP contribution is -2.28. The summed E-state index contributed by atoms with van der Waals surface area (Å²) >= 11 is 1.13. The number of esters is 1. The van der Waals surface area contributed by atoms with Crippen molar-refractivity contribution in [3.8, 4) is 0 Å². The third-order valence-corrected chi connectivity index (χ3v) is 2.45. The molecule has 0 fully saturated rings. The maximum absolute atomic E-state index is 11.5. The zero-order chi connectivity index (χ0) is 11.6. The Bertz CT molecular complexity index is 353. The lowest BCUT2D eigenvalue weighted by Gasteiger charge is -2.18. The molecule has 0 radical (unpaired) electrons. The number of rotatable bonds is 2. The van der Waals surface area contributed by atoms with Gasteiger partial charge in [-0.2, -0.15) is 0 Å². The number of hydrogen-bond acceptors (Lipinski definition) is 5. The third kappa shape index (κ3) is 3.66. The van der Waals surface area contributed by atoms with E-state index in [4.69, 9.17) is 14.8 Å². The fourth-order valence-corrected chi connectivity index (χ4v) is 1.72. The van der Waals surface area contributed by atoms with Gasteiger partial charge in [-0.15, -0.1) is 11.3 Å². The SMILES string of the molecule is CC(C)(C)OC(=O)c1cc(B(O)O)cs1. The summed E-state index contributed by atoms with van der Waals surface area (Å²) in [5.41, 5.74) is -0.236. The van der Waals surface area contributed by atoms with Crippen LogP contribution in [0.25, 0.3) is 0 Å². The van der Waals surface area contributed by atoms with Crippen molar-refractivity contribution in [3.63, 3.8) is 0 Å². The Morgan fingerprint density at radius 3 is 2.47 bits per heavy atom. The van der Waals surface area contributed by atoms with Gasteiger partial charge in [0.2, 0.25) is 0 Å². The van der Waals surface area contributed by atoms with Crippen LogP contribution in [0.1, 0.15) is 30.4 Å². The van der Waals surface area contributed by atoms with Crippen LogP contribution in [-0.2, 0) is 4.74 Å². The molecule has 0 atom stereocenters. The maximum Gasteiger partial charge on any atom is 0.489 e. The lowest BCUT2D eigenvalue weighted by molar-refractivity contribution is 0.00753. The van der Waals surface area contributed by atoms with Gasteiger partial charge in [0, 0.05) is 0 Å². The summed E-state index contributed by atoms with van der Waals surface area (Å²) in [6.07, 6.45) is 0. The van der Waals surface area contributed by atoms with Gasteiger partial charge in [-0.05, 0) is 37.7 Å². The van der Waals surface area contributed by atoms with Crippen LogP contribution in [-0.4, -0.2) is 28.7 Å². The van der Waals surface area contributed by atoms with E-state index in [-0.39, 0.29) is 0 Å². The maximum atomic E-state index is 11.5. The van der Waals surface area contributed by atoms with E-state index in [1.807, 2.05) is 0 Å². The van der Waals surface area contributed by atoms with Crippen LogP contribution >= 0.6 is 11.3 Å². The van der Waals surface area contributed by atoms with Crippen LogP contribution in [0, 0.1) is 0 Å². The van der Waals surface area contributed by atoms with Crippen molar-refractivity contribution in [2.24, 2.45) is 0 Å². The second-order valence-corrected chi connectivity index (χ2v) is 5.03. The van der Waals surface area contributed by atoms with Crippen molar-refractivity contribution < 1.29 is 19.6 Å². The molecule has 6 heteroatoms. The standard InChI is InChI=1S/C9H13BO4S/c1-9(2,3)14-8(11)7-4-6(5-15-7)10(12)13/h4-5,12-13H,1-3H3. The minimum atomic E-state index is -1.54. The average molecular weight is 228 g/mol. The first-order valence-electron chi connectivity index (χ1n) is 4.47. The summed E-state index contributed by atoms with van der Waals surface area (Å²) in [7, 11) is -1.54. The van der Waals surface area contributed by atoms with E-state index in [9.17, 15) is 4.79 Å². The minimum Gasteiger partial charge on any atom is -0.456 e. The normalized spacial score (nSPS) is 11.3. The summed E-state index contributed by atoms with van der Waals surface area (Å²) in [4.78, 5) is 11.9. The monoisotopic (exact) mass is 228 g/mol. The largest absolute Gasteiger partial charge is 0.489 e.